The average Bonchev–Trinajstić information content (AvgIpc) is 3.45. The summed E-state index contributed by atoms with van der Waals surface area (Å²) in [5.41, 5.74) is -0.0328. The Labute approximate surface area is 277 Å². The molecular formula is C33H41N5O8S. The fraction of sp³-hybridized carbons (Fsp3) is 0.394. The van der Waals surface area contributed by atoms with E-state index in [-0.39, 0.29) is 10.8 Å². The summed E-state index contributed by atoms with van der Waals surface area (Å²) in [7, 11) is 1.22. The van der Waals surface area contributed by atoms with Crippen LogP contribution in [-0.4, -0.2) is 59.3 Å². The Morgan fingerprint density at radius 1 is 0.745 bits per heavy atom. The molecule has 0 fully saturated rings. The minimum absolute atomic E-state index is 0.0238. The van der Waals surface area contributed by atoms with Gasteiger partial charge >= 0.3 is 18.2 Å². The Morgan fingerprint density at radius 3 is 1.91 bits per heavy atom. The van der Waals surface area contributed by atoms with Crippen LogP contribution in [-0.2, 0) is 23.8 Å². The van der Waals surface area contributed by atoms with E-state index in [1.807, 2.05) is 30.3 Å². The first-order valence-corrected chi connectivity index (χ1v) is 15.6. The summed E-state index contributed by atoms with van der Waals surface area (Å²) in [6.45, 7) is 12.0. The summed E-state index contributed by atoms with van der Waals surface area (Å²) >= 11 is 1.02. The van der Waals surface area contributed by atoms with Gasteiger partial charge in [-0.15, -0.1) is 11.3 Å². The predicted molar refractivity (Wildman–Crippen MR) is 177 cm³/mol. The summed E-state index contributed by atoms with van der Waals surface area (Å²) < 4.78 is 15.4. The lowest BCUT2D eigenvalue weighted by atomic mass is 9.92. The van der Waals surface area contributed by atoms with Crippen LogP contribution in [0.4, 0.5) is 20.4 Å². The molecule has 0 radical (unpaired) electrons. The highest BCUT2D eigenvalue weighted by molar-refractivity contribution is 7.14. The second-order valence-electron chi connectivity index (χ2n) is 12.5. The van der Waals surface area contributed by atoms with Crippen molar-refractivity contribution in [1.82, 2.24) is 15.6 Å². The molecule has 0 aliphatic rings. The fourth-order valence-corrected chi connectivity index (χ4v) is 4.90. The van der Waals surface area contributed by atoms with E-state index in [1.165, 1.54) is 12.5 Å². The lowest BCUT2D eigenvalue weighted by molar-refractivity contribution is -0.128. The zero-order chi connectivity index (χ0) is 34.9. The molecule has 0 bridgehead atoms. The third kappa shape index (κ3) is 11.4. The summed E-state index contributed by atoms with van der Waals surface area (Å²) in [4.78, 5) is 68.8. The first-order chi connectivity index (χ1) is 22.0. The Hall–Kier alpha value is -4.98. The number of hydrogen-bond donors (Lipinski definition) is 4. The smallest absolute Gasteiger partial charge is 0.412 e. The number of hydrogen-bond acceptors (Lipinski definition) is 10. The van der Waals surface area contributed by atoms with Gasteiger partial charge in [-0.1, -0.05) is 49.4 Å². The molecule has 2 aromatic carbocycles. The van der Waals surface area contributed by atoms with Gasteiger partial charge in [0.25, 0.3) is 0 Å². The second kappa shape index (κ2) is 15.5. The summed E-state index contributed by atoms with van der Waals surface area (Å²) in [6, 6.07) is 12.8. The van der Waals surface area contributed by atoms with Crippen LogP contribution in [0.1, 0.15) is 82.0 Å². The largest absolute Gasteiger partial charge is 0.464 e. The van der Waals surface area contributed by atoms with Crippen LogP contribution in [0, 0.1) is 0 Å². The monoisotopic (exact) mass is 667 g/mol. The van der Waals surface area contributed by atoms with Crippen LogP contribution >= 0.6 is 11.3 Å². The number of carbonyl (C=O) groups excluding carboxylic acids is 5. The number of amides is 4. The standard InChI is InChI=1S/C33H41N5O8S/c1-19(20-12-10-9-11-13-20)24(26(39)38-29-35-23(18-47-29)28(41)44-8)36-27(40)25(37-31(43)46-33(5,6)7)21-14-16-22(17-15-21)34-30(42)45-32(2,3)4/h9-19,24-25H,1-8H3,(H,34,42)(H,36,40)(H,37,43)(H,35,38,39)/t19?,24?,25-/m1/s1. The maximum Gasteiger partial charge on any atom is 0.412 e. The molecule has 1 heterocycles. The number of carbonyl (C=O) groups is 5. The molecule has 0 spiro atoms. The molecule has 0 aliphatic heterocycles. The molecule has 3 rings (SSSR count). The number of ether oxygens (including phenoxy) is 3. The molecule has 2 unspecified atom stereocenters. The van der Waals surface area contributed by atoms with Gasteiger partial charge in [0.2, 0.25) is 11.8 Å². The van der Waals surface area contributed by atoms with Crippen molar-refractivity contribution >= 4 is 52.1 Å². The Balaban J connectivity index is 1.92. The van der Waals surface area contributed by atoms with E-state index in [4.69, 9.17) is 14.2 Å². The highest BCUT2D eigenvalue weighted by Crippen LogP contribution is 2.25. The van der Waals surface area contributed by atoms with Crippen LogP contribution < -0.4 is 21.3 Å². The van der Waals surface area contributed by atoms with Gasteiger partial charge in [0.1, 0.15) is 23.3 Å². The molecule has 0 aliphatic carbocycles. The van der Waals surface area contributed by atoms with Gasteiger partial charge in [-0.25, -0.2) is 19.4 Å². The SMILES string of the molecule is COC(=O)c1csc(NC(=O)C(NC(=O)[C@H](NC(=O)OC(C)(C)C)c2ccc(NC(=O)OC(C)(C)C)cc2)C(C)c2ccccc2)n1. The molecule has 0 saturated heterocycles. The molecule has 0 saturated carbocycles. The van der Waals surface area contributed by atoms with Crippen molar-refractivity contribution in [2.45, 2.75) is 77.7 Å². The highest BCUT2D eigenvalue weighted by atomic mass is 32.1. The Bertz CT molecular complexity index is 1560. The Kier molecular flexibility index (Phi) is 12.1. The van der Waals surface area contributed by atoms with Gasteiger partial charge in [0, 0.05) is 17.0 Å². The molecule has 3 atom stereocenters. The predicted octanol–water partition coefficient (Wildman–Crippen LogP) is 5.77. The summed E-state index contributed by atoms with van der Waals surface area (Å²) in [5.74, 6) is -2.51. The maximum absolute atomic E-state index is 14.0. The number of esters is 1. The van der Waals surface area contributed by atoms with Crippen molar-refractivity contribution in [3.05, 3.63) is 76.8 Å². The molecule has 3 aromatic rings. The topological polar surface area (TPSA) is 174 Å². The maximum atomic E-state index is 14.0. The van der Waals surface area contributed by atoms with Crippen molar-refractivity contribution in [1.29, 1.82) is 0 Å². The zero-order valence-electron chi connectivity index (χ0n) is 27.6. The number of methoxy groups -OCH3 is 1. The third-order valence-electron chi connectivity index (χ3n) is 6.35. The van der Waals surface area contributed by atoms with E-state index in [9.17, 15) is 24.0 Å². The van der Waals surface area contributed by atoms with Crippen LogP contribution in [0.2, 0.25) is 0 Å². The molecule has 4 N–H and O–H groups in total. The first-order valence-electron chi connectivity index (χ1n) is 14.7. The first kappa shape index (κ1) is 36.5. The minimum Gasteiger partial charge on any atom is -0.464 e. The number of nitrogens with zero attached hydrogens (tertiary/aromatic N) is 1. The van der Waals surface area contributed by atoms with Gasteiger partial charge in [0.15, 0.2) is 10.8 Å². The molecule has 13 nitrogen and oxygen atoms in total. The molecule has 4 amide bonds. The van der Waals surface area contributed by atoms with Gasteiger partial charge in [-0.3, -0.25) is 14.9 Å². The van der Waals surface area contributed by atoms with Crippen LogP contribution in [0.3, 0.4) is 0 Å². The van der Waals surface area contributed by atoms with E-state index >= 15 is 0 Å². The third-order valence-corrected chi connectivity index (χ3v) is 7.10. The van der Waals surface area contributed by atoms with Gasteiger partial charge < -0.3 is 30.2 Å². The van der Waals surface area contributed by atoms with Crippen LogP contribution in [0.5, 0.6) is 0 Å². The van der Waals surface area contributed by atoms with E-state index in [0.717, 1.165) is 16.9 Å². The number of aromatic nitrogens is 1. The molecule has 47 heavy (non-hydrogen) atoms. The van der Waals surface area contributed by atoms with E-state index in [2.05, 4.69) is 26.3 Å². The van der Waals surface area contributed by atoms with Crippen molar-refractivity contribution in [3.8, 4) is 0 Å². The van der Waals surface area contributed by atoms with Crippen molar-refractivity contribution in [2.24, 2.45) is 0 Å². The summed E-state index contributed by atoms with van der Waals surface area (Å²) in [6.07, 6.45) is -1.52. The van der Waals surface area contributed by atoms with Crippen LogP contribution in [0.15, 0.2) is 60.0 Å². The lowest BCUT2D eigenvalue weighted by Gasteiger charge is -2.28. The van der Waals surface area contributed by atoms with E-state index in [0.29, 0.717) is 11.3 Å². The molecular weight excluding hydrogens is 626 g/mol. The van der Waals surface area contributed by atoms with E-state index in [1.54, 1.807) is 72.7 Å². The van der Waals surface area contributed by atoms with Gasteiger partial charge in [-0.2, -0.15) is 0 Å². The summed E-state index contributed by atoms with van der Waals surface area (Å²) in [5, 5.41) is 12.3. The number of alkyl carbamates (subject to hydrolysis) is 1. The minimum atomic E-state index is -1.30. The zero-order valence-corrected chi connectivity index (χ0v) is 28.4. The average molecular weight is 668 g/mol. The second-order valence-corrected chi connectivity index (χ2v) is 13.4. The number of benzene rings is 2. The number of anilines is 2. The molecule has 252 valence electrons. The van der Waals surface area contributed by atoms with Gasteiger partial charge in [-0.05, 0) is 64.8 Å². The quantitative estimate of drug-likeness (QED) is 0.155. The molecule has 1 aromatic heterocycles. The van der Waals surface area contributed by atoms with Crippen molar-refractivity contribution in [2.75, 3.05) is 17.7 Å². The number of nitrogens with one attached hydrogen (secondary N) is 4. The Morgan fingerprint density at radius 2 is 1.34 bits per heavy atom. The molecule has 14 heteroatoms. The van der Waals surface area contributed by atoms with Crippen molar-refractivity contribution < 1.29 is 38.2 Å². The fourth-order valence-electron chi connectivity index (χ4n) is 4.22. The lowest BCUT2D eigenvalue weighted by Crippen LogP contribution is -2.51. The normalized spacial score (nSPS) is 13.3. The number of thiazole rings is 1. The number of rotatable bonds is 10. The van der Waals surface area contributed by atoms with E-state index < -0.39 is 59.2 Å². The van der Waals surface area contributed by atoms with Crippen LogP contribution in [0.25, 0.3) is 0 Å². The highest BCUT2D eigenvalue weighted by Gasteiger charge is 2.33. The van der Waals surface area contributed by atoms with Gasteiger partial charge in [0.05, 0.1) is 7.11 Å². The van der Waals surface area contributed by atoms with Crippen molar-refractivity contribution in [3.63, 3.8) is 0 Å².